The molecule has 2 unspecified atom stereocenters. The van der Waals surface area contributed by atoms with E-state index in [4.69, 9.17) is 11.6 Å². The van der Waals surface area contributed by atoms with Crippen molar-refractivity contribution in [2.45, 2.75) is 25.6 Å². The Bertz CT molecular complexity index is 428. The molecule has 0 saturated heterocycles. The van der Waals surface area contributed by atoms with E-state index in [1.165, 1.54) is 19.1 Å². The van der Waals surface area contributed by atoms with Crippen molar-refractivity contribution in [2.75, 3.05) is 5.75 Å². The number of thioether (sulfide) groups is 1. The van der Waals surface area contributed by atoms with Crippen LogP contribution < -0.4 is 0 Å². The molecule has 0 heterocycles. The first-order valence-corrected chi connectivity index (χ1v) is 6.72. The van der Waals surface area contributed by atoms with Crippen molar-refractivity contribution in [3.63, 3.8) is 0 Å². The second kappa shape index (κ2) is 7.09. The fourth-order valence-electron chi connectivity index (χ4n) is 1.43. The smallest absolute Gasteiger partial charge is 0.185 e. The average molecular weight is 293 g/mol. The lowest BCUT2D eigenvalue weighted by Gasteiger charge is -2.18. The summed E-state index contributed by atoms with van der Waals surface area (Å²) >= 11 is 6.89. The van der Waals surface area contributed by atoms with Crippen LogP contribution in [0.1, 0.15) is 25.0 Å². The van der Waals surface area contributed by atoms with E-state index in [-0.39, 0.29) is 22.1 Å². The number of rotatable bonds is 5. The van der Waals surface area contributed by atoms with Crippen LogP contribution in [0, 0.1) is 5.82 Å². The van der Waals surface area contributed by atoms with Gasteiger partial charge < -0.3 is 10.2 Å². The number of hydrogen-bond acceptors (Lipinski definition) is 4. The van der Waals surface area contributed by atoms with Crippen LogP contribution in [0.3, 0.4) is 0 Å². The van der Waals surface area contributed by atoms with Crippen LogP contribution in [0.2, 0.25) is 5.02 Å². The van der Waals surface area contributed by atoms with Crippen LogP contribution in [-0.2, 0) is 4.79 Å². The van der Waals surface area contributed by atoms with E-state index < -0.39 is 18.0 Å². The fourth-order valence-corrected chi connectivity index (χ4v) is 2.31. The van der Waals surface area contributed by atoms with Gasteiger partial charge in [-0.2, -0.15) is 0 Å². The Labute approximate surface area is 114 Å². The monoisotopic (exact) mass is 292 g/mol. The minimum Gasteiger partial charge on any atom is -0.390 e. The van der Waals surface area contributed by atoms with Crippen molar-refractivity contribution in [3.05, 3.63) is 34.6 Å². The van der Waals surface area contributed by atoms with Crippen molar-refractivity contribution in [3.8, 4) is 0 Å². The third-order valence-corrected chi connectivity index (χ3v) is 3.55. The van der Waals surface area contributed by atoms with E-state index in [1.807, 2.05) is 0 Å². The van der Waals surface area contributed by atoms with Gasteiger partial charge in [-0.15, -0.1) is 0 Å². The Morgan fingerprint density at radius 1 is 1.50 bits per heavy atom. The molecule has 1 aromatic carbocycles. The lowest BCUT2D eigenvalue weighted by Crippen LogP contribution is -2.19. The van der Waals surface area contributed by atoms with Crippen LogP contribution in [0.15, 0.2) is 18.2 Å². The molecule has 0 bridgehead atoms. The number of carbonyl (C=O) groups is 1. The third kappa shape index (κ3) is 4.57. The maximum Gasteiger partial charge on any atom is 0.185 e. The van der Waals surface area contributed by atoms with E-state index in [0.717, 1.165) is 17.8 Å². The number of benzene rings is 1. The number of hydrogen-bond donors (Lipinski definition) is 2. The lowest BCUT2D eigenvalue weighted by atomic mass is 10.0. The van der Waals surface area contributed by atoms with Gasteiger partial charge >= 0.3 is 0 Å². The summed E-state index contributed by atoms with van der Waals surface area (Å²) in [4.78, 5) is 10.7. The van der Waals surface area contributed by atoms with E-state index in [9.17, 15) is 19.4 Å². The molecule has 18 heavy (non-hydrogen) atoms. The van der Waals surface area contributed by atoms with Crippen molar-refractivity contribution in [1.29, 1.82) is 0 Å². The summed E-state index contributed by atoms with van der Waals surface area (Å²) in [6.07, 6.45) is -2.13. The van der Waals surface area contributed by atoms with Crippen LogP contribution in [0.5, 0.6) is 0 Å². The molecule has 6 heteroatoms. The fraction of sp³-hybridized carbons (Fsp3) is 0.417. The largest absolute Gasteiger partial charge is 0.390 e. The predicted octanol–water partition coefficient (Wildman–Crippen LogP) is 2.54. The Morgan fingerprint density at radius 2 is 2.17 bits per heavy atom. The predicted molar refractivity (Wildman–Crippen MR) is 70.1 cm³/mol. The van der Waals surface area contributed by atoms with Crippen molar-refractivity contribution < 1.29 is 19.4 Å². The average Bonchev–Trinajstić information content (AvgIpc) is 2.30. The highest BCUT2D eigenvalue weighted by Gasteiger charge is 2.21. The lowest BCUT2D eigenvalue weighted by molar-refractivity contribution is -0.109. The zero-order valence-corrected chi connectivity index (χ0v) is 11.3. The zero-order chi connectivity index (χ0) is 13.7. The summed E-state index contributed by atoms with van der Waals surface area (Å²) in [6.45, 7) is 1.43. The first kappa shape index (κ1) is 15.4. The number of carbonyl (C=O) groups excluding carboxylic acids is 1. The molecule has 0 fully saturated rings. The number of aliphatic hydroxyl groups is 2. The molecule has 2 N–H and O–H groups in total. The maximum absolute atomic E-state index is 13.0. The van der Waals surface area contributed by atoms with E-state index in [0.29, 0.717) is 5.75 Å². The Hall–Kier alpha value is -0.620. The first-order valence-electron chi connectivity index (χ1n) is 5.36. The molecule has 0 aliphatic carbocycles. The molecule has 3 nitrogen and oxygen atoms in total. The van der Waals surface area contributed by atoms with Crippen molar-refractivity contribution in [1.82, 2.24) is 0 Å². The molecule has 0 radical (unpaired) electrons. The third-order valence-electron chi connectivity index (χ3n) is 2.36. The standard InChI is InChI=1S/C12H14ClFO3S/c1-7(15)18-5-4-11(16)12(17)9-6-8(14)2-3-10(9)13/h2-3,6,11-12,16-17H,4-5H2,1H3. The van der Waals surface area contributed by atoms with Gasteiger partial charge in [-0.05, 0) is 24.6 Å². The van der Waals surface area contributed by atoms with Crippen LogP contribution in [0.25, 0.3) is 0 Å². The normalized spacial score (nSPS) is 14.3. The maximum atomic E-state index is 13.0. The van der Waals surface area contributed by atoms with Gasteiger partial charge in [-0.25, -0.2) is 4.39 Å². The van der Waals surface area contributed by atoms with Crippen molar-refractivity contribution >= 4 is 28.5 Å². The minimum atomic E-state index is -1.26. The zero-order valence-electron chi connectivity index (χ0n) is 9.77. The molecule has 0 amide bonds. The molecule has 1 aromatic rings. The molecule has 0 aliphatic rings. The highest BCUT2D eigenvalue weighted by molar-refractivity contribution is 8.13. The first-order chi connectivity index (χ1) is 8.41. The van der Waals surface area contributed by atoms with Gasteiger partial charge in [-0.1, -0.05) is 23.4 Å². The molecule has 2 atom stereocenters. The molecule has 1 rings (SSSR count). The topological polar surface area (TPSA) is 57.5 Å². The van der Waals surface area contributed by atoms with Gasteiger partial charge in [0, 0.05) is 23.3 Å². The molecule has 0 aliphatic heterocycles. The molecule has 0 saturated carbocycles. The summed E-state index contributed by atoms with van der Waals surface area (Å²) in [5.74, 6) is -0.140. The molecular formula is C12H14ClFO3S. The SMILES string of the molecule is CC(=O)SCCC(O)C(O)c1cc(F)ccc1Cl. The highest BCUT2D eigenvalue weighted by Crippen LogP contribution is 2.27. The number of halogens is 2. The summed E-state index contributed by atoms with van der Waals surface area (Å²) in [7, 11) is 0. The van der Waals surface area contributed by atoms with Crippen LogP contribution in [-0.4, -0.2) is 27.2 Å². The van der Waals surface area contributed by atoms with Gasteiger partial charge in [0.15, 0.2) is 5.12 Å². The molecule has 0 spiro atoms. The van der Waals surface area contributed by atoms with Gasteiger partial charge in [0.25, 0.3) is 0 Å². The van der Waals surface area contributed by atoms with Gasteiger partial charge in [0.1, 0.15) is 11.9 Å². The molecular weight excluding hydrogens is 279 g/mol. The summed E-state index contributed by atoms with van der Waals surface area (Å²) < 4.78 is 13.0. The summed E-state index contributed by atoms with van der Waals surface area (Å²) in [5, 5.41) is 19.7. The molecule has 100 valence electrons. The van der Waals surface area contributed by atoms with E-state index in [2.05, 4.69) is 0 Å². The second-order valence-corrected chi connectivity index (χ2v) is 5.49. The van der Waals surface area contributed by atoms with Crippen molar-refractivity contribution in [2.24, 2.45) is 0 Å². The second-order valence-electron chi connectivity index (χ2n) is 3.81. The molecule has 0 aromatic heterocycles. The Morgan fingerprint density at radius 3 is 2.78 bits per heavy atom. The Kier molecular flexibility index (Phi) is 6.08. The highest BCUT2D eigenvalue weighted by atomic mass is 35.5. The minimum absolute atomic E-state index is 0.0551. The van der Waals surface area contributed by atoms with E-state index >= 15 is 0 Å². The summed E-state index contributed by atoms with van der Waals surface area (Å²) in [6, 6.07) is 3.59. The van der Waals surface area contributed by atoms with Gasteiger partial charge in [-0.3, -0.25) is 4.79 Å². The summed E-state index contributed by atoms with van der Waals surface area (Å²) in [5.41, 5.74) is 0.150. The Balaban J connectivity index is 2.64. The quantitative estimate of drug-likeness (QED) is 0.876. The van der Waals surface area contributed by atoms with Crippen LogP contribution in [0.4, 0.5) is 4.39 Å². The van der Waals surface area contributed by atoms with Crippen LogP contribution >= 0.6 is 23.4 Å². The van der Waals surface area contributed by atoms with Gasteiger partial charge in [0.2, 0.25) is 0 Å². The van der Waals surface area contributed by atoms with Gasteiger partial charge in [0.05, 0.1) is 6.10 Å². The van der Waals surface area contributed by atoms with E-state index in [1.54, 1.807) is 0 Å². The number of aliphatic hydroxyl groups excluding tert-OH is 2.